The largest absolute Gasteiger partial charge is 0.279 e. The average Bonchev–Trinajstić information content (AvgIpc) is 2.78. The minimum absolute atomic E-state index is 0.989. The van der Waals surface area contributed by atoms with E-state index >= 15 is 0 Å². The molecule has 0 spiro atoms. The summed E-state index contributed by atoms with van der Waals surface area (Å²) in [6.07, 6.45) is 10.5. The molecule has 1 N–H and O–H groups in total. The van der Waals surface area contributed by atoms with Crippen molar-refractivity contribution in [2.24, 2.45) is 5.10 Å². The highest BCUT2D eigenvalue weighted by Gasteiger charge is 1.92. The highest BCUT2D eigenvalue weighted by molar-refractivity contribution is 5.85. The maximum absolute atomic E-state index is 4.02. The first kappa shape index (κ1) is 24.6. The van der Waals surface area contributed by atoms with Crippen LogP contribution in [0, 0.1) is 6.92 Å². The van der Waals surface area contributed by atoms with Gasteiger partial charge < -0.3 is 0 Å². The lowest BCUT2D eigenvalue weighted by atomic mass is 10.1. The molecule has 2 nitrogen and oxygen atoms in total. The third-order valence-electron chi connectivity index (χ3n) is 4.15. The van der Waals surface area contributed by atoms with Gasteiger partial charge in [-0.3, -0.25) is 5.43 Å². The van der Waals surface area contributed by atoms with Crippen LogP contribution in [0.4, 0.5) is 5.69 Å². The molecule has 0 heterocycles. The van der Waals surface area contributed by atoms with Gasteiger partial charge in [-0.1, -0.05) is 91.4 Å². The molecule has 0 radical (unpaired) electrons. The molecule has 0 unspecified atom stereocenters. The Hall–Kier alpha value is -3.39. The third-order valence-corrected chi connectivity index (χ3v) is 4.15. The van der Waals surface area contributed by atoms with E-state index in [9.17, 15) is 0 Å². The summed E-state index contributed by atoms with van der Waals surface area (Å²) in [5, 5.41) is 6.70. The van der Waals surface area contributed by atoms with E-state index < -0.39 is 0 Å². The normalized spacial score (nSPS) is 10.5. The summed E-state index contributed by atoms with van der Waals surface area (Å²) in [7, 11) is 0. The van der Waals surface area contributed by atoms with Crippen molar-refractivity contribution in [1.29, 1.82) is 0 Å². The molecule has 0 aliphatic rings. The van der Waals surface area contributed by atoms with Crippen molar-refractivity contribution >= 4 is 22.7 Å². The van der Waals surface area contributed by atoms with Crippen molar-refractivity contribution < 1.29 is 0 Å². The number of hydrazone groups is 1. The molecule has 0 saturated heterocycles. The fourth-order valence-electron chi connectivity index (χ4n) is 2.28. The zero-order valence-electron chi connectivity index (χ0n) is 18.7. The van der Waals surface area contributed by atoms with Gasteiger partial charge in [-0.05, 0) is 61.7 Å². The van der Waals surface area contributed by atoms with Gasteiger partial charge in [0.05, 0.1) is 5.69 Å². The van der Waals surface area contributed by atoms with Gasteiger partial charge in [0.2, 0.25) is 0 Å². The second-order valence-electron chi connectivity index (χ2n) is 6.77. The minimum atomic E-state index is 0.989. The number of rotatable bonds is 5. The highest BCUT2D eigenvalue weighted by Crippen LogP contribution is 2.16. The standard InChI is InChI=1S/C12H14N2.C11H10.C5H10/c1-2-3-4-8-11-13-14-12-9-6-5-7-10-12;1-9-5-4-7-10-6-2-3-8-11(9)10;1-4-5(2)3/h2-11,14H,1H3;2-8H,1H3;2,4H2,1,3H3/b3-2-,8-4-,13-11?;;. The Kier molecular flexibility index (Phi) is 12.8. The van der Waals surface area contributed by atoms with Crippen LogP contribution in [0.1, 0.15) is 32.8 Å². The van der Waals surface area contributed by atoms with Crippen molar-refractivity contribution in [2.75, 3.05) is 5.43 Å². The molecule has 0 fully saturated rings. The van der Waals surface area contributed by atoms with E-state index in [2.05, 4.69) is 73.4 Å². The van der Waals surface area contributed by atoms with Crippen LogP contribution in [0.15, 0.2) is 114 Å². The summed E-state index contributed by atoms with van der Waals surface area (Å²) >= 11 is 0. The summed E-state index contributed by atoms with van der Waals surface area (Å²) in [5.74, 6) is 0. The van der Waals surface area contributed by atoms with E-state index in [0.29, 0.717) is 0 Å². The zero-order chi connectivity index (χ0) is 22.0. The summed E-state index contributed by atoms with van der Waals surface area (Å²) in [6.45, 7) is 11.9. The summed E-state index contributed by atoms with van der Waals surface area (Å²) in [6, 6.07) is 24.7. The van der Waals surface area contributed by atoms with E-state index in [1.54, 1.807) is 6.21 Å². The number of anilines is 1. The van der Waals surface area contributed by atoms with Crippen LogP contribution in [0.3, 0.4) is 0 Å². The molecular formula is C28H34N2. The van der Waals surface area contributed by atoms with Crippen LogP contribution >= 0.6 is 0 Å². The number of benzene rings is 3. The van der Waals surface area contributed by atoms with Crippen LogP contribution in [0.25, 0.3) is 10.8 Å². The molecule has 0 aliphatic heterocycles. The topological polar surface area (TPSA) is 24.4 Å². The first-order valence-corrected chi connectivity index (χ1v) is 10.3. The third kappa shape index (κ3) is 10.8. The van der Waals surface area contributed by atoms with Gasteiger partial charge in [0.25, 0.3) is 0 Å². The Labute approximate surface area is 182 Å². The van der Waals surface area contributed by atoms with Gasteiger partial charge >= 0.3 is 0 Å². The van der Waals surface area contributed by atoms with E-state index in [0.717, 1.165) is 12.1 Å². The molecule has 3 rings (SSSR count). The van der Waals surface area contributed by atoms with E-state index in [1.165, 1.54) is 21.9 Å². The number of nitrogens with zero attached hydrogens (tertiary/aromatic N) is 1. The van der Waals surface area contributed by atoms with Crippen LogP contribution in [0.5, 0.6) is 0 Å². The number of para-hydroxylation sites is 1. The second kappa shape index (κ2) is 15.5. The van der Waals surface area contributed by atoms with Crippen LogP contribution < -0.4 is 5.43 Å². The highest BCUT2D eigenvalue weighted by atomic mass is 15.3. The summed E-state index contributed by atoms with van der Waals surface area (Å²) < 4.78 is 0. The van der Waals surface area contributed by atoms with E-state index in [-0.39, 0.29) is 0 Å². The molecule has 156 valence electrons. The second-order valence-corrected chi connectivity index (χ2v) is 6.77. The molecular weight excluding hydrogens is 364 g/mol. The van der Waals surface area contributed by atoms with Crippen LogP contribution in [0.2, 0.25) is 0 Å². The SMILES string of the molecule is C/C=C\C=C/C=NNc1ccccc1.C=C(C)CC.Cc1cccc2ccccc12. The number of allylic oxidation sites excluding steroid dienone is 5. The molecule has 30 heavy (non-hydrogen) atoms. The molecule has 0 atom stereocenters. The van der Waals surface area contributed by atoms with Gasteiger partial charge in [0, 0.05) is 6.21 Å². The Morgan fingerprint density at radius 1 is 0.900 bits per heavy atom. The molecule has 2 heteroatoms. The van der Waals surface area contributed by atoms with Gasteiger partial charge in [0.15, 0.2) is 0 Å². The lowest BCUT2D eigenvalue weighted by Gasteiger charge is -1.98. The molecule has 0 bridgehead atoms. The molecule has 3 aromatic carbocycles. The molecule has 0 amide bonds. The smallest absolute Gasteiger partial charge is 0.0561 e. The quantitative estimate of drug-likeness (QED) is 0.199. The first-order valence-electron chi connectivity index (χ1n) is 10.3. The molecule has 3 aromatic rings. The fourth-order valence-corrected chi connectivity index (χ4v) is 2.28. The summed E-state index contributed by atoms with van der Waals surface area (Å²) in [5.41, 5.74) is 6.51. The zero-order valence-corrected chi connectivity index (χ0v) is 18.7. The predicted octanol–water partition coefficient (Wildman–Crippen LogP) is 8.34. The first-order chi connectivity index (χ1) is 14.6. The van der Waals surface area contributed by atoms with Crippen molar-refractivity contribution in [2.45, 2.75) is 34.1 Å². The Morgan fingerprint density at radius 2 is 1.53 bits per heavy atom. The number of fused-ring (bicyclic) bond motifs is 1. The Bertz CT molecular complexity index is 945. The fraction of sp³-hybridized carbons (Fsp3) is 0.179. The Balaban J connectivity index is 0.000000250. The average molecular weight is 399 g/mol. The lowest BCUT2D eigenvalue weighted by Crippen LogP contribution is -1.86. The van der Waals surface area contributed by atoms with E-state index in [4.69, 9.17) is 0 Å². The maximum atomic E-state index is 4.02. The Morgan fingerprint density at radius 3 is 2.17 bits per heavy atom. The lowest BCUT2D eigenvalue weighted by molar-refractivity contribution is 1.11. The van der Waals surface area contributed by atoms with Gasteiger partial charge in [-0.2, -0.15) is 5.10 Å². The monoisotopic (exact) mass is 398 g/mol. The number of aryl methyl sites for hydroxylation is 1. The summed E-state index contributed by atoms with van der Waals surface area (Å²) in [4.78, 5) is 0. The number of hydrogen-bond acceptors (Lipinski definition) is 2. The maximum Gasteiger partial charge on any atom is 0.0561 e. The molecule has 0 aromatic heterocycles. The van der Waals surface area contributed by atoms with Gasteiger partial charge in [-0.15, -0.1) is 6.58 Å². The van der Waals surface area contributed by atoms with Crippen LogP contribution in [-0.2, 0) is 0 Å². The van der Waals surface area contributed by atoms with Crippen LogP contribution in [-0.4, -0.2) is 6.21 Å². The number of nitrogens with one attached hydrogen (secondary N) is 1. The minimum Gasteiger partial charge on any atom is -0.279 e. The van der Waals surface area contributed by atoms with E-state index in [1.807, 2.05) is 68.5 Å². The molecule has 0 aliphatic carbocycles. The van der Waals surface area contributed by atoms with Crippen molar-refractivity contribution in [3.05, 3.63) is 115 Å². The predicted molar refractivity (Wildman–Crippen MR) is 136 cm³/mol. The van der Waals surface area contributed by atoms with Gasteiger partial charge in [-0.25, -0.2) is 0 Å². The number of hydrogen-bond donors (Lipinski definition) is 1. The van der Waals surface area contributed by atoms with Crippen molar-refractivity contribution in [3.63, 3.8) is 0 Å². The van der Waals surface area contributed by atoms with Crippen molar-refractivity contribution in [3.8, 4) is 0 Å². The van der Waals surface area contributed by atoms with Crippen molar-refractivity contribution in [1.82, 2.24) is 0 Å². The van der Waals surface area contributed by atoms with Gasteiger partial charge in [0.1, 0.15) is 0 Å². The molecule has 0 saturated carbocycles.